The Morgan fingerprint density at radius 2 is 1.92 bits per heavy atom. The lowest BCUT2D eigenvalue weighted by Gasteiger charge is -2.24. The van der Waals surface area contributed by atoms with Crippen LogP contribution in [0.3, 0.4) is 0 Å². The molecule has 3 rings (SSSR count). The molecule has 2 aliphatic heterocycles. The number of hydrogen-bond donors (Lipinski definition) is 1. The highest BCUT2D eigenvalue weighted by atomic mass is 79.9. The summed E-state index contributed by atoms with van der Waals surface area (Å²) in [4.78, 5) is 28.6. The van der Waals surface area contributed by atoms with E-state index in [1.807, 2.05) is 29.2 Å². The number of carbonyl (C=O) groups is 2. The number of aliphatic carboxylic acids is 1. The molecule has 10 heteroatoms. The summed E-state index contributed by atoms with van der Waals surface area (Å²) in [5, 5.41) is 8.99. The molecule has 0 spiro atoms. The number of sulfone groups is 1. The Balaban J connectivity index is 1.84. The number of amides is 1. The van der Waals surface area contributed by atoms with Crippen molar-refractivity contribution in [3.63, 3.8) is 0 Å². The second-order valence-electron chi connectivity index (χ2n) is 6.18. The Morgan fingerprint density at radius 1 is 1.23 bits per heavy atom. The normalized spacial score (nSPS) is 25.4. The van der Waals surface area contributed by atoms with Crippen molar-refractivity contribution in [1.29, 1.82) is 0 Å². The molecule has 26 heavy (non-hydrogen) atoms. The number of aliphatic imine (C=N–C) groups is 1. The highest BCUT2D eigenvalue weighted by molar-refractivity contribution is 9.10. The molecule has 2 heterocycles. The summed E-state index contributed by atoms with van der Waals surface area (Å²) in [6, 6.07) is 7.15. The minimum atomic E-state index is -3.11. The smallest absolute Gasteiger partial charge is 0.303 e. The number of carboxylic acid groups (broad SMARTS) is 1. The third-order valence-electron chi connectivity index (χ3n) is 4.17. The zero-order chi connectivity index (χ0) is 18.9. The molecule has 2 fully saturated rings. The lowest BCUT2D eigenvalue weighted by atomic mass is 10.2. The summed E-state index contributed by atoms with van der Waals surface area (Å²) >= 11 is 4.68. The van der Waals surface area contributed by atoms with Gasteiger partial charge in [0.1, 0.15) is 0 Å². The van der Waals surface area contributed by atoms with Crippen LogP contribution in [0.1, 0.15) is 19.3 Å². The van der Waals surface area contributed by atoms with Crippen molar-refractivity contribution in [3.05, 3.63) is 28.7 Å². The largest absolute Gasteiger partial charge is 0.481 e. The standard InChI is InChI=1S/C16H17BrN2O5S2/c17-10-4-6-11(7-5-10)19-12-8-26(23,24)9-13(12)25-16(19)18-14(20)2-1-3-15(21)22/h4-7,12-13H,1-3,8-9H2,(H,21,22)/t12-,13+/m1/s1. The number of nitrogens with zero attached hydrogens (tertiary/aromatic N) is 2. The van der Waals surface area contributed by atoms with Gasteiger partial charge >= 0.3 is 5.97 Å². The third-order valence-corrected chi connectivity index (χ3v) is 7.91. The maximum Gasteiger partial charge on any atom is 0.303 e. The number of anilines is 1. The molecule has 1 aromatic carbocycles. The van der Waals surface area contributed by atoms with E-state index in [4.69, 9.17) is 5.11 Å². The minimum Gasteiger partial charge on any atom is -0.481 e. The van der Waals surface area contributed by atoms with Gasteiger partial charge in [-0.25, -0.2) is 8.42 Å². The number of benzene rings is 1. The first-order valence-corrected chi connectivity index (χ1v) is 11.5. The number of fused-ring (bicyclic) bond motifs is 1. The van der Waals surface area contributed by atoms with Crippen molar-refractivity contribution in [2.24, 2.45) is 4.99 Å². The minimum absolute atomic E-state index is 0.0347. The zero-order valence-electron chi connectivity index (χ0n) is 13.7. The quantitative estimate of drug-likeness (QED) is 0.718. The Hall–Kier alpha value is -1.39. The van der Waals surface area contributed by atoms with Gasteiger partial charge in [0.25, 0.3) is 0 Å². The van der Waals surface area contributed by atoms with E-state index >= 15 is 0 Å². The number of carboxylic acids is 1. The molecule has 0 radical (unpaired) electrons. The second kappa shape index (κ2) is 7.69. The maximum absolute atomic E-state index is 12.1. The molecule has 0 aromatic heterocycles. The number of carbonyl (C=O) groups excluding carboxylic acids is 1. The van der Waals surface area contributed by atoms with Crippen LogP contribution in [0.2, 0.25) is 0 Å². The van der Waals surface area contributed by atoms with Gasteiger partial charge in [0.05, 0.1) is 17.5 Å². The van der Waals surface area contributed by atoms with Crippen molar-refractivity contribution in [2.75, 3.05) is 16.4 Å². The number of thioether (sulfide) groups is 1. The summed E-state index contributed by atoms with van der Waals surface area (Å²) < 4.78 is 24.9. The van der Waals surface area contributed by atoms with E-state index in [1.165, 1.54) is 11.8 Å². The average molecular weight is 461 g/mol. The summed E-state index contributed by atoms with van der Waals surface area (Å²) in [5.74, 6) is -1.23. The van der Waals surface area contributed by atoms with E-state index in [0.29, 0.717) is 5.17 Å². The van der Waals surface area contributed by atoms with Crippen LogP contribution in [0.25, 0.3) is 0 Å². The maximum atomic E-state index is 12.1. The molecule has 2 saturated heterocycles. The van der Waals surface area contributed by atoms with Gasteiger partial charge in [-0.3, -0.25) is 9.59 Å². The SMILES string of the molecule is O=C(O)CCCC(=O)N=C1S[C@H]2CS(=O)(=O)C[C@H]2N1c1ccc(Br)cc1. The van der Waals surface area contributed by atoms with Gasteiger partial charge in [-0.05, 0) is 30.7 Å². The molecule has 7 nitrogen and oxygen atoms in total. The first kappa shape index (κ1) is 19.4. The highest BCUT2D eigenvalue weighted by Crippen LogP contribution is 2.41. The fraction of sp³-hybridized carbons (Fsp3) is 0.438. The molecule has 0 aliphatic carbocycles. The Bertz CT molecular complexity index is 854. The van der Waals surface area contributed by atoms with Gasteiger partial charge in [0.15, 0.2) is 15.0 Å². The molecule has 1 amide bonds. The Labute approximate surface area is 163 Å². The monoisotopic (exact) mass is 460 g/mol. The van der Waals surface area contributed by atoms with E-state index in [1.54, 1.807) is 0 Å². The molecule has 0 saturated carbocycles. The highest BCUT2D eigenvalue weighted by Gasteiger charge is 2.49. The van der Waals surface area contributed by atoms with E-state index in [9.17, 15) is 18.0 Å². The van der Waals surface area contributed by atoms with E-state index in [-0.39, 0.29) is 42.1 Å². The topological polar surface area (TPSA) is 104 Å². The predicted octanol–water partition coefficient (Wildman–Crippen LogP) is 2.31. The van der Waals surface area contributed by atoms with Gasteiger partial charge in [0, 0.05) is 28.3 Å². The summed E-state index contributed by atoms with van der Waals surface area (Å²) in [5.41, 5.74) is 0.780. The van der Waals surface area contributed by atoms with Crippen LogP contribution >= 0.6 is 27.7 Å². The van der Waals surface area contributed by atoms with Gasteiger partial charge in [-0.15, -0.1) is 0 Å². The fourth-order valence-electron chi connectivity index (χ4n) is 3.02. The number of halogens is 1. The van der Waals surface area contributed by atoms with Crippen molar-refractivity contribution in [3.8, 4) is 0 Å². The van der Waals surface area contributed by atoms with Gasteiger partial charge < -0.3 is 10.0 Å². The molecular weight excluding hydrogens is 444 g/mol. The van der Waals surface area contributed by atoms with Crippen LogP contribution < -0.4 is 4.90 Å². The zero-order valence-corrected chi connectivity index (χ0v) is 16.9. The second-order valence-corrected chi connectivity index (χ2v) is 10.5. The van der Waals surface area contributed by atoms with Crippen molar-refractivity contribution in [2.45, 2.75) is 30.6 Å². The Kier molecular flexibility index (Phi) is 5.73. The summed E-state index contributed by atoms with van der Waals surface area (Å²) in [7, 11) is -3.11. The van der Waals surface area contributed by atoms with Crippen LogP contribution in [0.5, 0.6) is 0 Å². The van der Waals surface area contributed by atoms with Gasteiger partial charge in [-0.2, -0.15) is 4.99 Å². The molecular formula is C16H17BrN2O5S2. The molecule has 1 aromatic rings. The van der Waals surface area contributed by atoms with Crippen molar-refractivity contribution in [1.82, 2.24) is 0 Å². The number of hydrogen-bond acceptors (Lipinski definition) is 5. The lowest BCUT2D eigenvalue weighted by Crippen LogP contribution is -2.37. The fourth-order valence-corrected chi connectivity index (χ4v) is 7.22. The number of rotatable bonds is 5. The number of amidine groups is 1. The van der Waals surface area contributed by atoms with Crippen LogP contribution in [0.4, 0.5) is 5.69 Å². The predicted molar refractivity (Wildman–Crippen MR) is 104 cm³/mol. The molecule has 1 N–H and O–H groups in total. The lowest BCUT2D eigenvalue weighted by molar-refractivity contribution is -0.137. The average Bonchev–Trinajstić information content (AvgIpc) is 2.99. The van der Waals surface area contributed by atoms with Gasteiger partial charge in [0.2, 0.25) is 5.91 Å². The molecule has 2 atom stereocenters. The molecule has 140 valence electrons. The van der Waals surface area contributed by atoms with Crippen LogP contribution in [-0.4, -0.2) is 53.4 Å². The first-order valence-electron chi connectivity index (χ1n) is 8.00. The third kappa shape index (κ3) is 4.47. The van der Waals surface area contributed by atoms with Crippen molar-refractivity contribution >= 4 is 60.3 Å². The van der Waals surface area contributed by atoms with Crippen LogP contribution in [0, 0.1) is 0 Å². The first-order chi connectivity index (χ1) is 12.2. The molecule has 0 bridgehead atoms. The Morgan fingerprint density at radius 3 is 2.58 bits per heavy atom. The van der Waals surface area contributed by atoms with E-state index < -0.39 is 21.7 Å². The van der Waals surface area contributed by atoms with Crippen LogP contribution in [0.15, 0.2) is 33.7 Å². The van der Waals surface area contributed by atoms with Crippen LogP contribution in [-0.2, 0) is 19.4 Å². The van der Waals surface area contributed by atoms with E-state index in [2.05, 4.69) is 20.9 Å². The van der Waals surface area contributed by atoms with E-state index in [0.717, 1.165) is 10.2 Å². The van der Waals surface area contributed by atoms with Gasteiger partial charge in [-0.1, -0.05) is 27.7 Å². The summed E-state index contributed by atoms with van der Waals surface area (Å²) in [6.07, 6.45) is 0.205. The van der Waals surface area contributed by atoms with Crippen molar-refractivity contribution < 1.29 is 23.1 Å². The molecule has 2 aliphatic rings. The summed E-state index contributed by atoms with van der Waals surface area (Å²) in [6.45, 7) is 0. The molecule has 0 unspecified atom stereocenters.